The van der Waals surface area contributed by atoms with Gasteiger partial charge in [-0.2, -0.15) is 0 Å². The van der Waals surface area contributed by atoms with Crippen molar-refractivity contribution in [1.82, 2.24) is 4.90 Å². The Hall–Kier alpha value is -1.10. The van der Waals surface area contributed by atoms with E-state index in [1.54, 1.807) is 14.2 Å². The first-order chi connectivity index (χ1) is 9.13. The molecular weight excluding hydrogens is 242 g/mol. The minimum Gasteiger partial charge on any atom is -0.496 e. The highest BCUT2D eigenvalue weighted by Crippen LogP contribution is 2.27. The topological polar surface area (TPSA) is 41.9 Å². The lowest BCUT2D eigenvalue weighted by molar-refractivity contribution is 0.0889. The maximum Gasteiger partial charge on any atom is 0.124 e. The van der Waals surface area contributed by atoms with Crippen LogP contribution in [0.25, 0.3) is 0 Å². The van der Waals surface area contributed by atoms with Gasteiger partial charge in [0, 0.05) is 32.3 Å². The van der Waals surface area contributed by atoms with Crippen molar-refractivity contribution in [2.75, 3.05) is 33.9 Å². The maximum absolute atomic E-state index is 10.4. The molecule has 1 N–H and O–H groups in total. The molecule has 0 amide bonds. The summed E-state index contributed by atoms with van der Waals surface area (Å²) in [6, 6.07) is 5.90. The van der Waals surface area contributed by atoms with E-state index < -0.39 is 6.10 Å². The highest BCUT2D eigenvalue weighted by atomic mass is 16.5. The van der Waals surface area contributed by atoms with Crippen LogP contribution in [-0.2, 0) is 4.74 Å². The standard InChI is InChI=1S/C15H23NO3/c1-11-4-5-15(19-3)13(8-11)14(17)10-16-7-6-12(9-16)18-2/h4-5,8,12,14,17H,6-7,9-10H2,1-3H3. The van der Waals surface area contributed by atoms with E-state index in [9.17, 15) is 5.11 Å². The number of methoxy groups -OCH3 is 2. The number of nitrogens with zero attached hydrogens (tertiary/aromatic N) is 1. The second-order valence-electron chi connectivity index (χ2n) is 5.17. The van der Waals surface area contributed by atoms with E-state index in [1.807, 2.05) is 25.1 Å². The Balaban J connectivity index is 2.03. The van der Waals surface area contributed by atoms with E-state index in [1.165, 1.54) is 0 Å². The molecule has 4 nitrogen and oxygen atoms in total. The maximum atomic E-state index is 10.4. The average Bonchev–Trinajstić information content (AvgIpc) is 2.86. The van der Waals surface area contributed by atoms with Crippen LogP contribution in [0.15, 0.2) is 18.2 Å². The Morgan fingerprint density at radius 3 is 2.84 bits per heavy atom. The highest BCUT2D eigenvalue weighted by Gasteiger charge is 2.25. The summed E-state index contributed by atoms with van der Waals surface area (Å²) in [6.45, 7) is 4.51. The third-order valence-corrected chi connectivity index (χ3v) is 3.74. The van der Waals surface area contributed by atoms with Crippen LogP contribution in [0, 0.1) is 6.92 Å². The Bertz CT molecular complexity index is 422. The smallest absolute Gasteiger partial charge is 0.124 e. The molecule has 2 unspecified atom stereocenters. The molecule has 0 saturated carbocycles. The van der Waals surface area contributed by atoms with Gasteiger partial charge in [0.15, 0.2) is 0 Å². The van der Waals surface area contributed by atoms with Crippen molar-refractivity contribution < 1.29 is 14.6 Å². The van der Waals surface area contributed by atoms with Gasteiger partial charge in [-0.05, 0) is 25.5 Å². The second-order valence-corrected chi connectivity index (χ2v) is 5.17. The van der Waals surface area contributed by atoms with Crippen LogP contribution in [-0.4, -0.2) is 50.0 Å². The van der Waals surface area contributed by atoms with Gasteiger partial charge >= 0.3 is 0 Å². The van der Waals surface area contributed by atoms with Crippen LogP contribution >= 0.6 is 0 Å². The lowest BCUT2D eigenvalue weighted by atomic mass is 10.0. The molecule has 1 aromatic carbocycles. The van der Waals surface area contributed by atoms with Gasteiger partial charge in [-0.1, -0.05) is 11.6 Å². The molecule has 1 aliphatic rings. The molecule has 0 radical (unpaired) electrons. The summed E-state index contributed by atoms with van der Waals surface area (Å²) in [5, 5.41) is 10.4. The first-order valence-corrected chi connectivity index (χ1v) is 6.71. The van der Waals surface area contributed by atoms with Crippen LogP contribution in [0.3, 0.4) is 0 Å². The number of hydrogen-bond acceptors (Lipinski definition) is 4. The number of aryl methyl sites for hydroxylation is 1. The number of likely N-dealkylation sites (tertiary alicyclic amines) is 1. The number of benzene rings is 1. The summed E-state index contributed by atoms with van der Waals surface area (Å²) in [5.41, 5.74) is 1.99. The minimum absolute atomic E-state index is 0.298. The fourth-order valence-electron chi connectivity index (χ4n) is 2.61. The summed E-state index contributed by atoms with van der Waals surface area (Å²) in [6.07, 6.45) is 0.811. The van der Waals surface area contributed by atoms with Gasteiger partial charge in [-0.3, -0.25) is 4.90 Å². The molecular formula is C15H23NO3. The van der Waals surface area contributed by atoms with Gasteiger partial charge in [0.1, 0.15) is 5.75 Å². The lowest BCUT2D eigenvalue weighted by Crippen LogP contribution is -2.28. The summed E-state index contributed by atoms with van der Waals surface area (Å²) in [4.78, 5) is 2.24. The molecule has 2 rings (SSSR count). The summed E-state index contributed by atoms with van der Waals surface area (Å²) in [5.74, 6) is 0.751. The van der Waals surface area contributed by atoms with Gasteiger partial charge in [-0.15, -0.1) is 0 Å². The van der Waals surface area contributed by atoms with Gasteiger partial charge in [-0.25, -0.2) is 0 Å². The van der Waals surface area contributed by atoms with Crippen LogP contribution in [0.1, 0.15) is 23.7 Å². The normalized spacial score (nSPS) is 21.6. The fourth-order valence-corrected chi connectivity index (χ4v) is 2.61. The van der Waals surface area contributed by atoms with Crippen molar-refractivity contribution in [2.45, 2.75) is 25.6 Å². The molecule has 1 aliphatic heterocycles. The van der Waals surface area contributed by atoms with Crippen molar-refractivity contribution in [3.63, 3.8) is 0 Å². The quantitative estimate of drug-likeness (QED) is 0.881. The van der Waals surface area contributed by atoms with E-state index in [0.717, 1.165) is 36.4 Å². The number of β-amino-alcohol motifs (C(OH)–C–C–N with tert-alkyl or cyclic N) is 1. The van der Waals surface area contributed by atoms with Crippen molar-refractivity contribution >= 4 is 0 Å². The minimum atomic E-state index is -0.523. The number of hydrogen-bond donors (Lipinski definition) is 1. The number of aliphatic hydroxyl groups is 1. The first-order valence-electron chi connectivity index (χ1n) is 6.71. The predicted octanol–water partition coefficient (Wildman–Crippen LogP) is 1.76. The Morgan fingerprint density at radius 1 is 1.42 bits per heavy atom. The van der Waals surface area contributed by atoms with Crippen molar-refractivity contribution in [2.24, 2.45) is 0 Å². The Labute approximate surface area is 114 Å². The summed E-state index contributed by atoms with van der Waals surface area (Å²) in [7, 11) is 3.38. The summed E-state index contributed by atoms with van der Waals surface area (Å²) < 4.78 is 10.7. The average molecular weight is 265 g/mol. The number of aliphatic hydroxyl groups excluding tert-OH is 1. The zero-order chi connectivity index (χ0) is 13.8. The third-order valence-electron chi connectivity index (χ3n) is 3.74. The molecule has 106 valence electrons. The highest BCUT2D eigenvalue weighted by molar-refractivity contribution is 5.38. The van der Waals surface area contributed by atoms with E-state index in [0.29, 0.717) is 12.6 Å². The first kappa shape index (κ1) is 14.3. The zero-order valence-electron chi connectivity index (χ0n) is 11.9. The van der Waals surface area contributed by atoms with E-state index in [-0.39, 0.29) is 0 Å². The van der Waals surface area contributed by atoms with Crippen LogP contribution in [0.4, 0.5) is 0 Å². The Kier molecular flexibility index (Phi) is 4.80. The van der Waals surface area contributed by atoms with Crippen molar-refractivity contribution in [3.05, 3.63) is 29.3 Å². The molecule has 1 heterocycles. The molecule has 1 saturated heterocycles. The number of ether oxygens (including phenoxy) is 2. The molecule has 19 heavy (non-hydrogen) atoms. The Morgan fingerprint density at radius 2 is 2.21 bits per heavy atom. The molecule has 0 aliphatic carbocycles. The summed E-state index contributed by atoms with van der Waals surface area (Å²) >= 11 is 0. The molecule has 4 heteroatoms. The van der Waals surface area contributed by atoms with Gasteiger partial charge in [0.2, 0.25) is 0 Å². The zero-order valence-corrected chi connectivity index (χ0v) is 11.9. The van der Waals surface area contributed by atoms with E-state index >= 15 is 0 Å². The molecule has 0 spiro atoms. The van der Waals surface area contributed by atoms with Crippen LogP contribution in [0.2, 0.25) is 0 Å². The lowest BCUT2D eigenvalue weighted by Gasteiger charge is -2.21. The van der Waals surface area contributed by atoms with Crippen LogP contribution in [0.5, 0.6) is 5.75 Å². The molecule has 1 aromatic rings. The van der Waals surface area contributed by atoms with Gasteiger partial charge < -0.3 is 14.6 Å². The molecule has 2 atom stereocenters. The largest absolute Gasteiger partial charge is 0.496 e. The predicted molar refractivity (Wildman–Crippen MR) is 74.5 cm³/mol. The van der Waals surface area contributed by atoms with Crippen molar-refractivity contribution in [1.29, 1.82) is 0 Å². The van der Waals surface area contributed by atoms with Gasteiger partial charge in [0.05, 0.1) is 19.3 Å². The second kappa shape index (κ2) is 6.37. The van der Waals surface area contributed by atoms with E-state index in [2.05, 4.69) is 4.90 Å². The molecule has 1 fully saturated rings. The monoisotopic (exact) mass is 265 g/mol. The number of rotatable bonds is 5. The van der Waals surface area contributed by atoms with Crippen LogP contribution < -0.4 is 4.74 Å². The van der Waals surface area contributed by atoms with E-state index in [4.69, 9.17) is 9.47 Å². The molecule has 0 aromatic heterocycles. The third kappa shape index (κ3) is 3.47. The SMILES string of the molecule is COc1ccc(C)cc1C(O)CN1CCC(OC)C1. The molecule has 0 bridgehead atoms. The fraction of sp³-hybridized carbons (Fsp3) is 0.600. The van der Waals surface area contributed by atoms with Gasteiger partial charge in [0.25, 0.3) is 0 Å². The van der Waals surface area contributed by atoms with Crippen molar-refractivity contribution in [3.8, 4) is 5.75 Å².